The summed E-state index contributed by atoms with van der Waals surface area (Å²) in [6.45, 7) is 1.40. The molecule has 0 fully saturated rings. The molecule has 18 heavy (non-hydrogen) atoms. The second-order valence-electron chi connectivity index (χ2n) is 4.26. The van der Waals surface area contributed by atoms with Gasteiger partial charge in [0.25, 0.3) is 0 Å². The fourth-order valence-electron chi connectivity index (χ4n) is 2.21. The lowest BCUT2D eigenvalue weighted by molar-refractivity contribution is 0.270. The number of benzene rings is 2. The molecular formula is C15H15NO2. The van der Waals surface area contributed by atoms with Gasteiger partial charge >= 0.3 is 0 Å². The van der Waals surface area contributed by atoms with Crippen LogP contribution in [0.25, 0.3) is 0 Å². The van der Waals surface area contributed by atoms with Crippen LogP contribution in [0.15, 0.2) is 48.5 Å². The van der Waals surface area contributed by atoms with Crippen LogP contribution in [0.3, 0.4) is 0 Å². The van der Waals surface area contributed by atoms with Gasteiger partial charge in [-0.25, -0.2) is 0 Å². The molecule has 3 rings (SSSR count). The topological polar surface area (TPSA) is 21.7 Å². The zero-order valence-corrected chi connectivity index (χ0v) is 10.3. The molecule has 1 aliphatic rings. The highest BCUT2D eigenvalue weighted by Crippen LogP contribution is 2.35. The third kappa shape index (κ3) is 1.88. The Bertz CT molecular complexity index is 539. The molecule has 0 aromatic heterocycles. The minimum Gasteiger partial charge on any atom is -0.493 e. The quantitative estimate of drug-likeness (QED) is 0.806. The van der Waals surface area contributed by atoms with Crippen LogP contribution in [0.5, 0.6) is 11.5 Å². The molecule has 92 valence electrons. The zero-order chi connectivity index (χ0) is 12.4. The van der Waals surface area contributed by atoms with Gasteiger partial charge < -0.3 is 14.4 Å². The highest BCUT2D eigenvalue weighted by Gasteiger charge is 2.20. The smallest absolute Gasteiger partial charge is 0.168 e. The van der Waals surface area contributed by atoms with E-state index in [4.69, 9.17) is 9.47 Å². The molecule has 0 saturated carbocycles. The Hall–Kier alpha value is -2.16. The van der Waals surface area contributed by atoms with Gasteiger partial charge in [-0.1, -0.05) is 30.3 Å². The van der Waals surface area contributed by atoms with E-state index in [1.54, 1.807) is 7.11 Å². The number of para-hydroxylation sites is 2. The normalized spacial score (nSPS) is 13.7. The van der Waals surface area contributed by atoms with Gasteiger partial charge in [0, 0.05) is 17.8 Å². The Balaban J connectivity index is 1.90. The van der Waals surface area contributed by atoms with Crippen LogP contribution in [0.4, 0.5) is 5.69 Å². The van der Waals surface area contributed by atoms with Gasteiger partial charge in [-0.15, -0.1) is 0 Å². The average Bonchev–Trinajstić information content (AvgIpc) is 2.47. The first-order chi connectivity index (χ1) is 8.88. The van der Waals surface area contributed by atoms with E-state index in [2.05, 4.69) is 23.1 Å². The minimum absolute atomic E-state index is 0.553. The number of methoxy groups -OCH3 is 1. The molecule has 3 heteroatoms. The number of rotatable bonds is 2. The molecule has 0 bridgehead atoms. The van der Waals surface area contributed by atoms with E-state index in [0.29, 0.717) is 6.73 Å². The first kappa shape index (κ1) is 11.0. The molecule has 0 radical (unpaired) electrons. The monoisotopic (exact) mass is 241 g/mol. The number of hydrogen-bond acceptors (Lipinski definition) is 3. The Kier molecular flexibility index (Phi) is 2.81. The fraction of sp³-hybridized carbons (Fsp3) is 0.200. The first-order valence-corrected chi connectivity index (χ1v) is 5.97. The van der Waals surface area contributed by atoms with E-state index in [1.807, 2.05) is 30.3 Å². The highest BCUT2D eigenvalue weighted by molar-refractivity contribution is 5.53. The summed E-state index contributed by atoms with van der Waals surface area (Å²) in [6, 6.07) is 16.3. The minimum atomic E-state index is 0.553. The van der Waals surface area contributed by atoms with E-state index in [1.165, 1.54) is 5.69 Å². The van der Waals surface area contributed by atoms with Crippen LogP contribution in [-0.4, -0.2) is 13.8 Å². The summed E-state index contributed by atoms with van der Waals surface area (Å²) < 4.78 is 11.1. The molecule has 0 amide bonds. The van der Waals surface area contributed by atoms with Crippen molar-refractivity contribution in [2.75, 3.05) is 18.7 Å². The Labute approximate surface area is 107 Å². The van der Waals surface area contributed by atoms with Crippen molar-refractivity contribution in [3.63, 3.8) is 0 Å². The molecule has 3 nitrogen and oxygen atoms in total. The Morgan fingerprint density at radius 1 is 1.06 bits per heavy atom. The van der Waals surface area contributed by atoms with Crippen molar-refractivity contribution in [3.05, 3.63) is 54.1 Å². The van der Waals surface area contributed by atoms with Crippen molar-refractivity contribution in [1.82, 2.24) is 0 Å². The number of ether oxygens (including phenoxy) is 2. The standard InChI is InChI=1S/C15H15NO2/c1-17-14-9-5-6-12-10-16(11-18-15(12)14)13-7-3-2-4-8-13/h2-9H,10-11H2,1H3. The molecule has 1 aliphatic heterocycles. The fourth-order valence-corrected chi connectivity index (χ4v) is 2.21. The van der Waals surface area contributed by atoms with Crippen molar-refractivity contribution < 1.29 is 9.47 Å². The van der Waals surface area contributed by atoms with Gasteiger partial charge in [0.1, 0.15) is 0 Å². The average molecular weight is 241 g/mol. The second-order valence-corrected chi connectivity index (χ2v) is 4.26. The maximum absolute atomic E-state index is 5.81. The van der Waals surface area contributed by atoms with E-state index in [0.717, 1.165) is 23.6 Å². The van der Waals surface area contributed by atoms with Crippen molar-refractivity contribution in [3.8, 4) is 11.5 Å². The van der Waals surface area contributed by atoms with Crippen molar-refractivity contribution >= 4 is 5.69 Å². The van der Waals surface area contributed by atoms with Crippen molar-refractivity contribution in [1.29, 1.82) is 0 Å². The molecule has 0 saturated heterocycles. The number of fused-ring (bicyclic) bond motifs is 1. The van der Waals surface area contributed by atoms with Crippen LogP contribution >= 0.6 is 0 Å². The lowest BCUT2D eigenvalue weighted by Crippen LogP contribution is -2.31. The van der Waals surface area contributed by atoms with Gasteiger partial charge in [-0.05, 0) is 18.2 Å². The second kappa shape index (κ2) is 4.61. The summed E-state index contributed by atoms with van der Waals surface area (Å²) in [5.74, 6) is 1.67. The zero-order valence-electron chi connectivity index (χ0n) is 10.3. The highest BCUT2D eigenvalue weighted by atomic mass is 16.5. The van der Waals surface area contributed by atoms with Crippen molar-refractivity contribution in [2.45, 2.75) is 6.54 Å². The Morgan fingerprint density at radius 3 is 2.67 bits per heavy atom. The lowest BCUT2D eigenvalue weighted by Gasteiger charge is -2.31. The van der Waals surface area contributed by atoms with E-state index >= 15 is 0 Å². The van der Waals surface area contributed by atoms with E-state index in [-0.39, 0.29) is 0 Å². The lowest BCUT2D eigenvalue weighted by atomic mass is 10.1. The Morgan fingerprint density at radius 2 is 1.89 bits per heavy atom. The predicted octanol–water partition coefficient (Wildman–Crippen LogP) is 3.05. The van der Waals surface area contributed by atoms with Crippen LogP contribution in [-0.2, 0) is 6.54 Å². The van der Waals surface area contributed by atoms with Gasteiger partial charge in [0.15, 0.2) is 18.2 Å². The number of anilines is 1. The van der Waals surface area contributed by atoms with Crippen molar-refractivity contribution in [2.24, 2.45) is 0 Å². The maximum atomic E-state index is 5.81. The third-order valence-corrected chi connectivity index (χ3v) is 3.13. The third-order valence-electron chi connectivity index (χ3n) is 3.13. The van der Waals surface area contributed by atoms with E-state index < -0.39 is 0 Å². The summed E-state index contributed by atoms with van der Waals surface area (Å²) in [4.78, 5) is 2.20. The summed E-state index contributed by atoms with van der Waals surface area (Å²) in [5, 5.41) is 0. The largest absolute Gasteiger partial charge is 0.493 e. The molecular weight excluding hydrogens is 226 g/mol. The predicted molar refractivity (Wildman–Crippen MR) is 71.1 cm³/mol. The van der Waals surface area contributed by atoms with Crippen LogP contribution in [0, 0.1) is 0 Å². The van der Waals surface area contributed by atoms with Crippen LogP contribution in [0.2, 0.25) is 0 Å². The number of nitrogens with zero attached hydrogens (tertiary/aromatic N) is 1. The van der Waals surface area contributed by atoms with E-state index in [9.17, 15) is 0 Å². The van der Waals surface area contributed by atoms with Crippen LogP contribution in [0.1, 0.15) is 5.56 Å². The molecule has 0 N–H and O–H groups in total. The molecule has 0 spiro atoms. The summed E-state index contributed by atoms with van der Waals surface area (Å²) >= 11 is 0. The summed E-state index contributed by atoms with van der Waals surface area (Å²) in [7, 11) is 1.67. The molecule has 0 aliphatic carbocycles. The molecule has 0 atom stereocenters. The first-order valence-electron chi connectivity index (χ1n) is 5.97. The molecule has 1 heterocycles. The molecule has 2 aromatic rings. The SMILES string of the molecule is COc1cccc2c1OCN(c1ccccc1)C2. The molecule has 2 aromatic carbocycles. The summed E-state index contributed by atoms with van der Waals surface area (Å²) in [6.07, 6.45) is 0. The molecule has 0 unspecified atom stereocenters. The van der Waals surface area contributed by atoms with Gasteiger partial charge in [0.2, 0.25) is 0 Å². The van der Waals surface area contributed by atoms with Gasteiger partial charge in [-0.3, -0.25) is 0 Å². The number of hydrogen-bond donors (Lipinski definition) is 0. The van der Waals surface area contributed by atoms with Gasteiger partial charge in [0.05, 0.1) is 7.11 Å². The van der Waals surface area contributed by atoms with Crippen LogP contribution < -0.4 is 14.4 Å². The van der Waals surface area contributed by atoms with Gasteiger partial charge in [-0.2, -0.15) is 0 Å². The summed E-state index contributed by atoms with van der Waals surface area (Å²) in [5.41, 5.74) is 2.33. The maximum Gasteiger partial charge on any atom is 0.168 e.